The molecule has 0 amide bonds. The van der Waals surface area contributed by atoms with Gasteiger partial charge in [-0.3, -0.25) is 0 Å². The third-order valence-corrected chi connectivity index (χ3v) is 7.85. The first-order chi connectivity index (χ1) is 13.5. The lowest BCUT2D eigenvalue weighted by Crippen LogP contribution is -2.49. The van der Waals surface area contributed by atoms with Crippen molar-refractivity contribution in [3.63, 3.8) is 0 Å². The van der Waals surface area contributed by atoms with E-state index in [1.165, 1.54) is 11.1 Å². The molecule has 1 fully saturated rings. The van der Waals surface area contributed by atoms with Gasteiger partial charge in [0.1, 0.15) is 0 Å². The summed E-state index contributed by atoms with van der Waals surface area (Å²) in [6, 6.07) is 18.6. The SMILES string of the molecule is O=NC1CCC2(Cc3ccccc3)CN(S(=O)(=O)c3ccccc3)CC=C2C1. The van der Waals surface area contributed by atoms with Crippen molar-refractivity contribution in [3.05, 3.63) is 82.8 Å². The van der Waals surface area contributed by atoms with Gasteiger partial charge in [-0.2, -0.15) is 9.21 Å². The molecule has 4 rings (SSSR count). The van der Waals surface area contributed by atoms with Crippen molar-refractivity contribution in [2.24, 2.45) is 10.6 Å². The Hall–Kier alpha value is -2.31. The number of rotatable bonds is 5. The second kappa shape index (κ2) is 7.60. The Morgan fingerprint density at radius 2 is 1.71 bits per heavy atom. The molecular formula is C22H24N2O3S. The molecule has 5 nitrogen and oxygen atoms in total. The van der Waals surface area contributed by atoms with Crippen LogP contribution < -0.4 is 0 Å². The zero-order valence-electron chi connectivity index (χ0n) is 15.7. The molecular weight excluding hydrogens is 372 g/mol. The quantitative estimate of drug-likeness (QED) is 0.563. The highest BCUT2D eigenvalue weighted by atomic mass is 32.2. The predicted octanol–water partition coefficient (Wildman–Crippen LogP) is 4.17. The Bertz CT molecular complexity index is 973. The summed E-state index contributed by atoms with van der Waals surface area (Å²) < 4.78 is 28.0. The van der Waals surface area contributed by atoms with E-state index in [9.17, 15) is 13.3 Å². The summed E-state index contributed by atoms with van der Waals surface area (Å²) in [7, 11) is -3.56. The van der Waals surface area contributed by atoms with Crippen LogP contribution in [0.15, 0.2) is 82.4 Å². The molecule has 0 aromatic heterocycles. The minimum absolute atomic E-state index is 0.201. The van der Waals surface area contributed by atoms with Gasteiger partial charge >= 0.3 is 0 Å². The van der Waals surface area contributed by atoms with Gasteiger partial charge in [0.25, 0.3) is 0 Å². The number of nitrogens with zero attached hydrogens (tertiary/aromatic N) is 2. The second-order valence-corrected chi connectivity index (χ2v) is 9.72. The Morgan fingerprint density at radius 3 is 2.39 bits per heavy atom. The van der Waals surface area contributed by atoms with Gasteiger partial charge in [0, 0.05) is 18.5 Å². The van der Waals surface area contributed by atoms with Gasteiger partial charge in [0.2, 0.25) is 10.0 Å². The van der Waals surface area contributed by atoms with Crippen LogP contribution >= 0.6 is 0 Å². The Balaban J connectivity index is 1.70. The maximum atomic E-state index is 13.2. The van der Waals surface area contributed by atoms with E-state index >= 15 is 0 Å². The maximum absolute atomic E-state index is 13.2. The Labute approximate surface area is 166 Å². The Kier molecular flexibility index (Phi) is 5.17. The monoisotopic (exact) mass is 396 g/mol. The van der Waals surface area contributed by atoms with Crippen LogP contribution in [-0.2, 0) is 16.4 Å². The predicted molar refractivity (Wildman–Crippen MR) is 109 cm³/mol. The molecule has 1 aliphatic heterocycles. The van der Waals surface area contributed by atoms with Crippen LogP contribution in [0.5, 0.6) is 0 Å². The molecule has 0 N–H and O–H groups in total. The van der Waals surface area contributed by atoms with Gasteiger partial charge in [0.15, 0.2) is 0 Å². The van der Waals surface area contributed by atoms with E-state index in [0.717, 1.165) is 12.8 Å². The first-order valence-electron chi connectivity index (χ1n) is 9.65. The first kappa shape index (κ1) is 19.0. The van der Waals surface area contributed by atoms with E-state index < -0.39 is 10.0 Å². The number of hydrogen-bond donors (Lipinski definition) is 0. The third kappa shape index (κ3) is 3.54. The summed E-state index contributed by atoms with van der Waals surface area (Å²) in [6.45, 7) is 0.783. The molecule has 28 heavy (non-hydrogen) atoms. The number of sulfonamides is 1. The van der Waals surface area contributed by atoms with Gasteiger partial charge in [-0.1, -0.05) is 65.4 Å². The highest BCUT2D eigenvalue weighted by Crippen LogP contribution is 2.47. The fourth-order valence-electron chi connectivity index (χ4n) is 4.53. The minimum Gasteiger partial charge on any atom is -0.207 e. The molecule has 2 aromatic rings. The molecule has 6 heteroatoms. The van der Waals surface area contributed by atoms with Gasteiger partial charge in [0.05, 0.1) is 10.9 Å². The van der Waals surface area contributed by atoms with Crippen LogP contribution in [0.4, 0.5) is 0 Å². The molecule has 2 aliphatic rings. The van der Waals surface area contributed by atoms with Crippen molar-refractivity contribution in [3.8, 4) is 0 Å². The smallest absolute Gasteiger partial charge is 0.207 e. The largest absolute Gasteiger partial charge is 0.243 e. The molecule has 1 heterocycles. The molecule has 2 unspecified atom stereocenters. The van der Waals surface area contributed by atoms with Crippen LogP contribution in [0.2, 0.25) is 0 Å². The van der Waals surface area contributed by atoms with Gasteiger partial charge in [-0.25, -0.2) is 8.42 Å². The van der Waals surface area contributed by atoms with Crippen LogP contribution in [0.3, 0.4) is 0 Å². The van der Waals surface area contributed by atoms with E-state index in [-0.39, 0.29) is 11.5 Å². The zero-order valence-corrected chi connectivity index (χ0v) is 16.5. The van der Waals surface area contributed by atoms with Crippen molar-refractivity contribution in [2.45, 2.75) is 36.6 Å². The average Bonchev–Trinajstić information content (AvgIpc) is 2.74. The van der Waals surface area contributed by atoms with E-state index in [0.29, 0.717) is 30.8 Å². The van der Waals surface area contributed by atoms with E-state index in [4.69, 9.17) is 0 Å². The summed E-state index contributed by atoms with van der Waals surface area (Å²) >= 11 is 0. The van der Waals surface area contributed by atoms with Crippen LogP contribution in [-0.4, -0.2) is 31.9 Å². The topological polar surface area (TPSA) is 66.8 Å². The van der Waals surface area contributed by atoms with E-state index in [1.54, 1.807) is 28.6 Å². The molecule has 1 saturated carbocycles. The normalized spacial score (nSPS) is 25.6. The van der Waals surface area contributed by atoms with E-state index in [1.807, 2.05) is 30.3 Å². The second-order valence-electron chi connectivity index (χ2n) is 7.78. The zero-order chi connectivity index (χ0) is 19.6. The fourth-order valence-corrected chi connectivity index (χ4v) is 6.02. The van der Waals surface area contributed by atoms with Gasteiger partial charge in [-0.15, -0.1) is 0 Å². The summed E-state index contributed by atoms with van der Waals surface area (Å²) in [5, 5.41) is 3.27. The molecule has 2 atom stereocenters. The minimum atomic E-state index is -3.56. The van der Waals surface area contributed by atoms with Crippen molar-refractivity contribution in [2.75, 3.05) is 13.1 Å². The molecule has 0 spiro atoms. The summed E-state index contributed by atoms with van der Waals surface area (Å²) in [5.74, 6) is 0. The third-order valence-electron chi connectivity index (χ3n) is 6.03. The molecule has 0 radical (unpaired) electrons. The van der Waals surface area contributed by atoms with Crippen LogP contribution in [0.1, 0.15) is 24.8 Å². The standard InChI is InChI=1S/C22H24N2O3S/c25-23-20-11-13-22(16-18-7-3-1-4-8-18)17-24(14-12-19(22)15-20)28(26,27)21-9-5-2-6-10-21/h1-10,12,20H,11,13-17H2. The highest BCUT2D eigenvalue weighted by Gasteiger charge is 2.45. The number of fused-ring (bicyclic) bond motifs is 1. The van der Waals surface area contributed by atoms with Crippen molar-refractivity contribution in [1.82, 2.24) is 4.31 Å². The van der Waals surface area contributed by atoms with Gasteiger partial charge in [-0.05, 0) is 43.4 Å². The highest BCUT2D eigenvalue weighted by molar-refractivity contribution is 7.89. The van der Waals surface area contributed by atoms with Crippen LogP contribution in [0.25, 0.3) is 0 Å². The summed E-state index contributed by atoms with van der Waals surface area (Å²) in [6.07, 6.45) is 4.89. The number of nitroso groups, excluding NO2 is 1. The molecule has 146 valence electrons. The first-order valence-corrected chi connectivity index (χ1v) is 11.1. The summed E-state index contributed by atoms with van der Waals surface area (Å²) in [4.78, 5) is 11.4. The average molecular weight is 397 g/mol. The lowest BCUT2D eigenvalue weighted by Gasteiger charge is -2.47. The summed E-state index contributed by atoms with van der Waals surface area (Å²) in [5.41, 5.74) is 2.10. The van der Waals surface area contributed by atoms with E-state index in [2.05, 4.69) is 17.3 Å². The molecule has 1 aliphatic carbocycles. The number of hydrogen-bond acceptors (Lipinski definition) is 4. The lowest BCUT2D eigenvalue weighted by atomic mass is 9.64. The fraction of sp³-hybridized carbons (Fsp3) is 0.364. The van der Waals surface area contributed by atoms with Crippen LogP contribution in [0, 0.1) is 10.3 Å². The molecule has 2 aromatic carbocycles. The Morgan fingerprint density at radius 1 is 1.04 bits per heavy atom. The molecule has 0 bridgehead atoms. The number of benzene rings is 2. The van der Waals surface area contributed by atoms with Gasteiger partial charge < -0.3 is 0 Å². The molecule has 0 saturated heterocycles. The maximum Gasteiger partial charge on any atom is 0.243 e. The van der Waals surface area contributed by atoms with Crippen molar-refractivity contribution < 1.29 is 8.42 Å². The lowest BCUT2D eigenvalue weighted by molar-refractivity contribution is 0.189. The van der Waals surface area contributed by atoms with Crippen molar-refractivity contribution in [1.29, 1.82) is 0 Å². The van der Waals surface area contributed by atoms with Crippen molar-refractivity contribution >= 4 is 10.0 Å².